The van der Waals surface area contributed by atoms with Gasteiger partial charge in [-0.2, -0.15) is 0 Å². The molecule has 2 aliphatic rings. The quantitative estimate of drug-likeness (QED) is 0.893. The van der Waals surface area contributed by atoms with Crippen LogP contribution >= 0.6 is 11.6 Å². The van der Waals surface area contributed by atoms with E-state index in [1.54, 1.807) is 11.0 Å². The summed E-state index contributed by atoms with van der Waals surface area (Å²) in [5.41, 5.74) is 0.734. The van der Waals surface area contributed by atoms with E-state index in [1.807, 2.05) is 18.2 Å². The summed E-state index contributed by atoms with van der Waals surface area (Å²) in [4.78, 5) is 13.5. The molecule has 0 radical (unpaired) electrons. The molecule has 2 fully saturated rings. The second-order valence-electron chi connectivity index (χ2n) is 4.74. The van der Waals surface area contributed by atoms with Gasteiger partial charge in [0.2, 0.25) is 0 Å². The number of ether oxygens (including phenoxy) is 1. The van der Waals surface area contributed by atoms with Crippen molar-refractivity contribution in [2.45, 2.75) is 12.5 Å². The van der Waals surface area contributed by atoms with Crippen molar-refractivity contribution >= 4 is 23.4 Å². The molecule has 1 amide bonds. The molecule has 0 aliphatic carbocycles. The molecular weight excluding hydrogens is 252 g/mol. The normalized spacial score (nSPS) is 27.6. The molecule has 1 aromatic carbocycles. The summed E-state index contributed by atoms with van der Waals surface area (Å²) in [7, 11) is 0. The number of carbonyl (C=O) groups is 1. The molecule has 18 heavy (non-hydrogen) atoms. The van der Waals surface area contributed by atoms with Gasteiger partial charge in [-0.1, -0.05) is 23.7 Å². The fourth-order valence-corrected chi connectivity index (χ4v) is 2.83. The summed E-state index contributed by atoms with van der Waals surface area (Å²) in [5.74, 6) is 0.418. The molecule has 1 aromatic rings. The fraction of sp³-hybridized carbons (Fsp3) is 0.462. The van der Waals surface area contributed by atoms with Gasteiger partial charge in [0.15, 0.2) is 0 Å². The van der Waals surface area contributed by atoms with Crippen LogP contribution in [0, 0.1) is 5.92 Å². The Morgan fingerprint density at radius 2 is 2.22 bits per heavy atom. The zero-order valence-electron chi connectivity index (χ0n) is 9.93. The lowest BCUT2D eigenvalue weighted by Gasteiger charge is -2.16. The molecule has 2 saturated heterocycles. The van der Waals surface area contributed by atoms with Gasteiger partial charge in [0.1, 0.15) is 6.10 Å². The summed E-state index contributed by atoms with van der Waals surface area (Å²) in [6.45, 7) is 2.52. The topological polar surface area (TPSA) is 41.6 Å². The lowest BCUT2D eigenvalue weighted by molar-refractivity contribution is 0.111. The molecule has 2 aliphatic heterocycles. The number of cyclic esters (lactones) is 1. The van der Waals surface area contributed by atoms with E-state index in [9.17, 15) is 4.79 Å². The van der Waals surface area contributed by atoms with Crippen LogP contribution in [0.2, 0.25) is 5.02 Å². The molecular formula is C13H15ClN2O2. The van der Waals surface area contributed by atoms with Crippen LogP contribution in [0.1, 0.15) is 6.42 Å². The smallest absolute Gasteiger partial charge is 0.414 e. The molecule has 3 rings (SSSR count). The first-order chi connectivity index (χ1) is 8.75. The predicted octanol–water partition coefficient (Wildman–Crippen LogP) is 2.27. The largest absolute Gasteiger partial charge is 0.444 e. The fourth-order valence-electron chi connectivity index (χ4n) is 2.59. The number of nitrogens with zero attached hydrogens (tertiary/aromatic N) is 1. The van der Waals surface area contributed by atoms with Crippen LogP contribution in [0.15, 0.2) is 24.3 Å². The SMILES string of the molecule is O=C1OC(C2CCNC2)CN1c1ccccc1Cl. The van der Waals surface area contributed by atoms with Gasteiger partial charge in [-0.15, -0.1) is 0 Å². The number of anilines is 1. The van der Waals surface area contributed by atoms with Gasteiger partial charge in [-0.25, -0.2) is 4.79 Å². The van der Waals surface area contributed by atoms with Crippen molar-refractivity contribution in [3.05, 3.63) is 29.3 Å². The number of hydrogen-bond acceptors (Lipinski definition) is 3. The molecule has 96 valence electrons. The number of carbonyl (C=O) groups excluding carboxylic acids is 1. The van der Waals surface area contributed by atoms with Crippen molar-refractivity contribution in [1.82, 2.24) is 5.32 Å². The lowest BCUT2D eigenvalue weighted by Crippen LogP contribution is -2.28. The summed E-state index contributed by atoms with van der Waals surface area (Å²) >= 11 is 6.12. The first-order valence-electron chi connectivity index (χ1n) is 6.19. The van der Waals surface area contributed by atoms with E-state index in [2.05, 4.69) is 5.32 Å². The van der Waals surface area contributed by atoms with E-state index in [1.165, 1.54) is 0 Å². The van der Waals surface area contributed by atoms with Gasteiger partial charge < -0.3 is 10.1 Å². The molecule has 2 atom stereocenters. The van der Waals surface area contributed by atoms with Crippen LogP contribution in [0.5, 0.6) is 0 Å². The highest BCUT2D eigenvalue weighted by Gasteiger charge is 2.38. The van der Waals surface area contributed by atoms with Gasteiger partial charge in [0.05, 0.1) is 17.3 Å². The first-order valence-corrected chi connectivity index (χ1v) is 6.57. The van der Waals surface area contributed by atoms with Crippen molar-refractivity contribution in [3.63, 3.8) is 0 Å². The lowest BCUT2D eigenvalue weighted by atomic mass is 10.0. The Morgan fingerprint density at radius 1 is 1.39 bits per heavy atom. The van der Waals surface area contributed by atoms with Crippen molar-refractivity contribution in [2.75, 3.05) is 24.5 Å². The maximum absolute atomic E-state index is 11.9. The third-order valence-electron chi connectivity index (χ3n) is 3.60. The van der Waals surface area contributed by atoms with E-state index in [-0.39, 0.29) is 12.2 Å². The van der Waals surface area contributed by atoms with E-state index >= 15 is 0 Å². The van der Waals surface area contributed by atoms with Crippen molar-refractivity contribution in [2.24, 2.45) is 5.92 Å². The van der Waals surface area contributed by atoms with Crippen LogP contribution in [-0.4, -0.2) is 31.8 Å². The number of para-hydroxylation sites is 1. The van der Waals surface area contributed by atoms with Gasteiger partial charge >= 0.3 is 6.09 Å². The average Bonchev–Trinajstić information content (AvgIpc) is 2.99. The number of amides is 1. The van der Waals surface area contributed by atoms with Crippen LogP contribution in [0.4, 0.5) is 10.5 Å². The molecule has 2 unspecified atom stereocenters. The minimum Gasteiger partial charge on any atom is -0.444 e. The molecule has 0 saturated carbocycles. The third-order valence-corrected chi connectivity index (χ3v) is 3.92. The summed E-state index contributed by atoms with van der Waals surface area (Å²) in [5, 5.41) is 3.88. The zero-order chi connectivity index (χ0) is 12.5. The van der Waals surface area contributed by atoms with Crippen molar-refractivity contribution in [3.8, 4) is 0 Å². The van der Waals surface area contributed by atoms with Gasteiger partial charge in [0.25, 0.3) is 0 Å². The summed E-state index contributed by atoms with van der Waals surface area (Å²) in [6.07, 6.45) is 0.748. The third kappa shape index (κ3) is 2.06. The molecule has 0 bridgehead atoms. The summed E-state index contributed by atoms with van der Waals surface area (Å²) < 4.78 is 5.46. The van der Waals surface area contributed by atoms with Gasteiger partial charge in [-0.05, 0) is 25.1 Å². The maximum atomic E-state index is 11.9. The van der Waals surface area contributed by atoms with Crippen LogP contribution < -0.4 is 10.2 Å². The molecule has 5 heteroatoms. The highest BCUT2D eigenvalue weighted by Crippen LogP contribution is 2.31. The minimum absolute atomic E-state index is 0.0243. The molecule has 2 heterocycles. The van der Waals surface area contributed by atoms with Crippen molar-refractivity contribution in [1.29, 1.82) is 0 Å². The number of rotatable bonds is 2. The number of halogens is 1. The van der Waals surface area contributed by atoms with E-state index in [0.29, 0.717) is 17.5 Å². The van der Waals surface area contributed by atoms with Crippen LogP contribution in [0.25, 0.3) is 0 Å². The first kappa shape index (κ1) is 11.8. The van der Waals surface area contributed by atoms with Crippen molar-refractivity contribution < 1.29 is 9.53 Å². The Balaban J connectivity index is 1.78. The molecule has 0 spiro atoms. The molecule has 0 aromatic heterocycles. The van der Waals surface area contributed by atoms with E-state index in [0.717, 1.165) is 25.2 Å². The number of benzene rings is 1. The highest BCUT2D eigenvalue weighted by molar-refractivity contribution is 6.33. The Hall–Kier alpha value is -1.26. The van der Waals surface area contributed by atoms with Gasteiger partial charge in [0, 0.05) is 12.5 Å². The Labute approximate surface area is 111 Å². The number of hydrogen-bond donors (Lipinski definition) is 1. The standard InChI is InChI=1S/C13H15ClN2O2/c14-10-3-1-2-4-11(10)16-8-12(18-13(16)17)9-5-6-15-7-9/h1-4,9,12,15H,5-8H2. The summed E-state index contributed by atoms with van der Waals surface area (Å²) in [6, 6.07) is 7.36. The average molecular weight is 267 g/mol. The maximum Gasteiger partial charge on any atom is 0.414 e. The Kier molecular flexibility index (Phi) is 3.14. The van der Waals surface area contributed by atoms with Gasteiger partial charge in [-0.3, -0.25) is 4.90 Å². The van der Waals surface area contributed by atoms with E-state index in [4.69, 9.17) is 16.3 Å². The molecule has 1 N–H and O–H groups in total. The Morgan fingerprint density at radius 3 is 2.94 bits per heavy atom. The van der Waals surface area contributed by atoms with Crippen LogP contribution in [-0.2, 0) is 4.74 Å². The zero-order valence-corrected chi connectivity index (χ0v) is 10.7. The molecule has 4 nitrogen and oxygen atoms in total. The monoisotopic (exact) mass is 266 g/mol. The second-order valence-corrected chi connectivity index (χ2v) is 5.14. The second kappa shape index (κ2) is 4.78. The minimum atomic E-state index is -0.292. The number of nitrogens with one attached hydrogen (secondary N) is 1. The van der Waals surface area contributed by atoms with Crippen LogP contribution in [0.3, 0.4) is 0 Å². The van der Waals surface area contributed by atoms with E-state index < -0.39 is 0 Å². The Bertz CT molecular complexity index is 460. The highest BCUT2D eigenvalue weighted by atomic mass is 35.5. The predicted molar refractivity (Wildman–Crippen MR) is 70.0 cm³/mol.